The smallest absolute Gasteiger partial charge is 0.0856 e. The zero-order valence-corrected chi connectivity index (χ0v) is 8.48. The largest absolute Gasteiger partial charge is 0.236 e. The van der Waals surface area contributed by atoms with Crippen molar-refractivity contribution in [3.63, 3.8) is 0 Å². The Morgan fingerprint density at radius 1 is 1.31 bits per heavy atom. The van der Waals surface area contributed by atoms with Gasteiger partial charge in [0.2, 0.25) is 0 Å². The molecule has 1 rings (SSSR count). The molecular formula is C10H9Cl2O. The van der Waals surface area contributed by atoms with Crippen molar-refractivity contribution in [1.29, 1.82) is 0 Å². The van der Waals surface area contributed by atoms with Crippen LogP contribution < -0.4 is 0 Å². The summed E-state index contributed by atoms with van der Waals surface area (Å²) in [5.74, 6) is 0. The molecule has 1 radical (unpaired) electrons. The highest BCUT2D eigenvalue weighted by molar-refractivity contribution is 6.35. The molecule has 1 aromatic carbocycles. The molecule has 0 spiro atoms. The Morgan fingerprint density at radius 3 is 2.69 bits per heavy atom. The maximum Gasteiger partial charge on any atom is 0.0856 e. The molecule has 0 aromatic heterocycles. The van der Waals surface area contributed by atoms with Gasteiger partial charge in [-0.05, 0) is 24.1 Å². The van der Waals surface area contributed by atoms with Crippen LogP contribution >= 0.6 is 23.2 Å². The van der Waals surface area contributed by atoms with Crippen molar-refractivity contribution < 1.29 is 5.11 Å². The van der Waals surface area contributed by atoms with Gasteiger partial charge in [-0.1, -0.05) is 41.4 Å². The highest BCUT2D eigenvalue weighted by Crippen LogP contribution is 2.21. The molecule has 0 saturated heterocycles. The zero-order chi connectivity index (χ0) is 9.68. The van der Waals surface area contributed by atoms with Gasteiger partial charge >= 0.3 is 0 Å². The van der Waals surface area contributed by atoms with Gasteiger partial charge in [-0.15, -0.1) is 0 Å². The summed E-state index contributed by atoms with van der Waals surface area (Å²) in [4.78, 5) is 0. The Labute approximate surface area is 87.6 Å². The summed E-state index contributed by atoms with van der Waals surface area (Å²) < 4.78 is 0. The van der Waals surface area contributed by atoms with Crippen molar-refractivity contribution in [2.24, 2.45) is 0 Å². The van der Waals surface area contributed by atoms with E-state index in [4.69, 9.17) is 23.2 Å². The summed E-state index contributed by atoms with van der Waals surface area (Å²) >= 11 is 11.6. The van der Waals surface area contributed by atoms with Crippen molar-refractivity contribution in [2.45, 2.75) is 6.42 Å². The number of halogens is 2. The minimum absolute atomic E-state index is 0.0955. The monoisotopic (exact) mass is 215 g/mol. The molecule has 0 atom stereocenters. The van der Waals surface area contributed by atoms with Gasteiger partial charge in [0.25, 0.3) is 0 Å². The van der Waals surface area contributed by atoms with Crippen LogP contribution in [0.25, 0.3) is 6.08 Å². The van der Waals surface area contributed by atoms with E-state index in [1.54, 1.807) is 12.1 Å². The Hall–Kier alpha value is -0.500. The molecule has 0 aliphatic carbocycles. The fraction of sp³-hybridized carbons (Fsp3) is 0.200. The summed E-state index contributed by atoms with van der Waals surface area (Å²) in [7, 11) is 0. The van der Waals surface area contributed by atoms with Gasteiger partial charge in [-0.25, -0.2) is 5.11 Å². The van der Waals surface area contributed by atoms with Crippen LogP contribution in [-0.2, 0) is 5.11 Å². The number of hydrogen-bond donors (Lipinski definition) is 0. The summed E-state index contributed by atoms with van der Waals surface area (Å²) in [6, 6.07) is 5.27. The van der Waals surface area contributed by atoms with Gasteiger partial charge in [0, 0.05) is 10.0 Å². The van der Waals surface area contributed by atoms with Crippen LogP contribution in [0.15, 0.2) is 24.3 Å². The molecule has 69 valence electrons. The fourth-order valence-electron chi connectivity index (χ4n) is 0.915. The van der Waals surface area contributed by atoms with E-state index >= 15 is 0 Å². The van der Waals surface area contributed by atoms with Crippen molar-refractivity contribution in [2.75, 3.05) is 6.61 Å². The third kappa shape index (κ3) is 3.39. The van der Waals surface area contributed by atoms with Gasteiger partial charge in [-0.3, -0.25) is 0 Å². The van der Waals surface area contributed by atoms with Crippen molar-refractivity contribution in [3.8, 4) is 0 Å². The van der Waals surface area contributed by atoms with Crippen LogP contribution in [0, 0.1) is 0 Å². The Balaban J connectivity index is 2.77. The summed E-state index contributed by atoms with van der Waals surface area (Å²) in [6.07, 6.45) is 4.16. The molecule has 3 heteroatoms. The van der Waals surface area contributed by atoms with E-state index in [1.807, 2.05) is 18.2 Å². The maximum absolute atomic E-state index is 10.2. The van der Waals surface area contributed by atoms with Gasteiger partial charge in [0.15, 0.2) is 0 Å². The molecule has 0 saturated carbocycles. The lowest BCUT2D eigenvalue weighted by atomic mass is 10.2. The van der Waals surface area contributed by atoms with Crippen molar-refractivity contribution in [3.05, 3.63) is 39.9 Å². The standard InChI is InChI=1S/C10H9Cl2O/c11-9-5-4-8(10(12)7-9)3-1-2-6-13/h1,3-5,7H,2,6H2/b3-1+. The van der Waals surface area contributed by atoms with Crippen LogP contribution in [0.1, 0.15) is 12.0 Å². The molecule has 1 aromatic rings. The summed E-state index contributed by atoms with van der Waals surface area (Å²) in [6.45, 7) is -0.0955. The third-order valence-corrected chi connectivity index (χ3v) is 2.11. The summed E-state index contributed by atoms with van der Waals surface area (Å²) in [5.41, 5.74) is 0.888. The van der Waals surface area contributed by atoms with Crippen LogP contribution in [0.3, 0.4) is 0 Å². The lowest BCUT2D eigenvalue weighted by Crippen LogP contribution is -1.76. The molecule has 0 heterocycles. The molecule has 13 heavy (non-hydrogen) atoms. The molecule has 0 amide bonds. The lowest BCUT2D eigenvalue weighted by Gasteiger charge is -1.97. The SMILES string of the molecule is [O]CC/C=C/c1ccc(Cl)cc1Cl. The Kier molecular flexibility index (Phi) is 4.29. The average Bonchev–Trinajstić information content (AvgIpc) is 2.09. The zero-order valence-electron chi connectivity index (χ0n) is 6.97. The highest BCUT2D eigenvalue weighted by atomic mass is 35.5. The van der Waals surface area contributed by atoms with Crippen molar-refractivity contribution >= 4 is 29.3 Å². The van der Waals surface area contributed by atoms with Crippen molar-refractivity contribution in [1.82, 2.24) is 0 Å². The lowest BCUT2D eigenvalue weighted by molar-refractivity contribution is 0.199. The molecule has 0 fully saturated rings. The first-order chi connectivity index (χ1) is 6.24. The van der Waals surface area contributed by atoms with E-state index in [9.17, 15) is 5.11 Å². The average molecular weight is 216 g/mol. The van der Waals surface area contributed by atoms with E-state index in [0.29, 0.717) is 16.5 Å². The molecule has 0 aliphatic heterocycles. The first kappa shape index (κ1) is 10.6. The second-order valence-electron chi connectivity index (χ2n) is 2.56. The number of rotatable bonds is 3. The molecule has 0 bridgehead atoms. The quantitative estimate of drug-likeness (QED) is 0.731. The third-order valence-electron chi connectivity index (χ3n) is 1.54. The van der Waals surface area contributed by atoms with Gasteiger partial charge in [-0.2, -0.15) is 0 Å². The normalized spacial score (nSPS) is 11.0. The predicted octanol–water partition coefficient (Wildman–Crippen LogP) is 3.83. The fourth-order valence-corrected chi connectivity index (χ4v) is 1.39. The van der Waals surface area contributed by atoms with E-state index < -0.39 is 0 Å². The van der Waals surface area contributed by atoms with E-state index in [1.165, 1.54) is 0 Å². The molecule has 0 N–H and O–H groups in total. The topological polar surface area (TPSA) is 19.9 Å². The highest BCUT2D eigenvalue weighted by Gasteiger charge is 1.96. The predicted molar refractivity (Wildman–Crippen MR) is 55.7 cm³/mol. The van der Waals surface area contributed by atoms with Gasteiger partial charge < -0.3 is 0 Å². The van der Waals surface area contributed by atoms with E-state index in [-0.39, 0.29) is 6.61 Å². The minimum atomic E-state index is -0.0955. The number of benzene rings is 1. The molecule has 0 unspecified atom stereocenters. The van der Waals surface area contributed by atoms with Crippen LogP contribution in [0.5, 0.6) is 0 Å². The maximum atomic E-state index is 10.2. The minimum Gasteiger partial charge on any atom is -0.236 e. The first-order valence-corrected chi connectivity index (χ1v) is 4.69. The van der Waals surface area contributed by atoms with E-state index in [0.717, 1.165) is 5.56 Å². The molecule has 0 aliphatic rings. The second kappa shape index (κ2) is 5.28. The van der Waals surface area contributed by atoms with Crippen LogP contribution in [-0.4, -0.2) is 6.61 Å². The second-order valence-corrected chi connectivity index (χ2v) is 3.40. The Bertz CT molecular complexity index is 308. The van der Waals surface area contributed by atoms with Crippen LogP contribution in [0.2, 0.25) is 10.0 Å². The summed E-state index contributed by atoms with van der Waals surface area (Å²) in [5, 5.41) is 11.4. The van der Waals surface area contributed by atoms with Gasteiger partial charge in [0.05, 0.1) is 6.61 Å². The van der Waals surface area contributed by atoms with Gasteiger partial charge in [0.1, 0.15) is 0 Å². The van der Waals surface area contributed by atoms with E-state index in [2.05, 4.69) is 0 Å². The molecule has 1 nitrogen and oxygen atoms in total. The first-order valence-electron chi connectivity index (χ1n) is 3.93. The number of hydrogen-bond acceptors (Lipinski definition) is 0. The van der Waals surface area contributed by atoms with Crippen LogP contribution in [0.4, 0.5) is 0 Å². The molecular weight excluding hydrogens is 207 g/mol. The Morgan fingerprint density at radius 2 is 2.08 bits per heavy atom.